The second-order valence-corrected chi connectivity index (χ2v) is 6.98. The molecular formula is C17H30ClIN4OS. The molecule has 0 aliphatic rings. The molecular weight excluding hydrogens is 471 g/mol. The summed E-state index contributed by atoms with van der Waals surface area (Å²) >= 11 is 7.68. The molecule has 1 rings (SSSR count). The summed E-state index contributed by atoms with van der Waals surface area (Å²) in [5, 5.41) is 7.45. The van der Waals surface area contributed by atoms with E-state index in [0.29, 0.717) is 0 Å². The second-order valence-electron chi connectivity index (χ2n) is 5.38. The lowest BCUT2D eigenvalue weighted by atomic mass is 10.4. The number of hydrogen-bond acceptors (Lipinski definition) is 4. The summed E-state index contributed by atoms with van der Waals surface area (Å²) in [6, 6.07) is 7.92. The van der Waals surface area contributed by atoms with Crippen LogP contribution in [0.15, 0.2) is 34.2 Å². The number of nitrogens with zero attached hydrogens (tertiary/aromatic N) is 2. The molecule has 25 heavy (non-hydrogen) atoms. The number of methoxy groups -OCH3 is 1. The summed E-state index contributed by atoms with van der Waals surface area (Å²) in [5.74, 6) is 1.83. The van der Waals surface area contributed by atoms with Gasteiger partial charge in [-0.1, -0.05) is 11.6 Å². The zero-order valence-electron chi connectivity index (χ0n) is 15.3. The molecule has 1 aromatic carbocycles. The number of thioether (sulfide) groups is 1. The summed E-state index contributed by atoms with van der Waals surface area (Å²) in [4.78, 5) is 7.74. The third kappa shape index (κ3) is 12.7. The fourth-order valence-corrected chi connectivity index (χ4v) is 2.90. The van der Waals surface area contributed by atoms with E-state index in [9.17, 15) is 0 Å². The third-order valence-electron chi connectivity index (χ3n) is 3.39. The number of ether oxygens (including phenoxy) is 1. The summed E-state index contributed by atoms with van der Waals surface area (Å²) in [6.45, 7) is 4.55. The molecule has 0 saturated heterocycles. The van der Waals surface area contributed by atoms with Gasteiger partial charge >= 0.3 is 0 Å². The van der Waals surface area contributed by atoms with Crippen LogP contribution >= 0.6 is 47.3 Å². The van der Waals surface area contributed by atoms with E-state index in [4.69, 9.17) is 16.3 Å². The zero-order valence-corrected chi connectivity index (χ0v) is 19.2. The Morgan fingerprint density at radius 2 is 1.88 bits per heavy atom. The van der Waals surface area contributed by atoms with Gasteiger partial charge in [-0.3, -0.25) is 4.99 Å². The lowest BCUT2D eigenvalue weighted by Crippen LogP contribution is -2.39. The van der Waals surface area contributed by atoms with Crippen LogP contribution in [0.5, 0.6) is 0 Å². The van der Waals surface area contributed by atoms with Crippen LogP contribution in [0.25, 0.3) is 0 Å². The normalized spacial score (nSPS) is 11.3. The maximum Gasteiger partial charge on any atom is 0.191 e. The minimum Gasteiger partial charge on any atom is -0.383 e. The number of nitrogens with one attached hydrogen (secondary N) is 2. The van der Waals surface area contributed by atoms with E-state index in [0.717, 1.165) is 55.9 Å². The van der Waals surface area contributed by atoms with Crippen molar-refractivity contribution in [1.82, 2.24) is 15.5 Å². The molecule has 0 unspecified atom stereocenters. The molecule has 0 aliphatic carbocycles. The number of likely N-dealkylation sites (N-methyl/N-ethyl adjacent to an activating group) is 1. The maximum atomic E-state index is 5.88. The molecule has 5 nitrogen and oxygen atoms in total. The van der Waals surface area contributed by atoms with Crippen molar-refractivity contribution < 1.29 is 4.74 Å². The number of hydrogen-bond donors (Lipinski definition) is 2. The van der Waals surface area contributed by atoms with E-state index in [-0.39, 0.29) is 24.0 Å². The molecule has 0 radical (unpaired) electrons. The first kappa shape index (κ1) is 24.8. The lowest BCUT2D eigenvalue weighted by Gasteiger charge is -2.17. The largest absolute Gasteiger partial charge is 0.383 e. The number of guanidine groups is 1. The van der Waals surface area contributed by atoms with Crippen molar-refractivity contribution >= 4 is 53.3 Å². The zero-order chi connectivity index (χ0) is 17.6. The minimum absolute atomic E-state index is 0. The second kappa shape index (κ2) is 16.0. The predicted molar refractivity (Wildman–Crippen MR) is 121 cm³/mol. The van der Waals surface area contributed by atoms with Crippen molar-refractivity contribution in [2.24, 2.45) is 4.99 Å². The van der Waals surface area contributed by atoms with Gasteiger partial charge in [0.2, 0.25) is 0 Å². The molecule has 0 spiro atoms. The Bertz CT molecular complexity index is 476. The predicted octanol–water partition coefficient (Wildman–Crippen LogP) is 3.18. The summed E-state index contributed by atoms with van der Waals surface area (Å²) in [6.07, 6.45) is 1.07. The van der Waals surface area contributed by atoms with Crippen LogP contribution in [-0.2, 0) is 4.74 Å². The van der Waals surface area contributed by atoms with Crippen molar-refractivity contribution in [3.05, 3.63) is 29.3 Å². The van der Waals surface area contributed by atoms with Gasteiger partial charge in [0.05, 0.1) is 6.61 Å². The Kier molecular flexibility index (Phi) is 15.8. The number of benzene rings is 1. The number of halogens is 2. The van der Waals surface area contributed by atoms with E-state index >= 15 is 0 Å². The summed E-state index contributed by atoms with van der Waals surface area (Å²) < 4.78 is 5.07. The highest BCUT2D eigenvalue weighted by atomic mass is 127. The van der Waals surface area contributed by atoms with Gasteiger partial charge in [0.1, 0.15) is 0 Å². The van der Waals surface area contributed by atoms with Crippen molar-refractivity contribution in [3.63, 3.8) is 0 Å². The molecule has 0 aliphatic heterocycles. The molecule has 1 aromatic rings. The molecule has 0 amide bonds. The molecule has 0 aromatic heterocycles. The van der Waals surface area contributed by atoms with Crippen LogP contribution in [0.2, 0.25) is 5.02 Å². The first-order valence-corrected chi connectivity index (χ1v) is 9.52. The summed E-state index contributed by atoms with van der Waals surface area (Å²) in [7, 11) is 5.64. The van der Waals surface area contributed by atoms with Crippen molar-refractivity contribution in [1.29, 1.82) is 0 Å². The molecule has 0 saturated carbocycles. The fraction of sp³-hybridized carbons (Fsp3) is 0.588. The van der Waals surface area contributed by atoms with Gasteiger partial charge in [0.15, 0.2) is 5.96 Å². The van der Waals surface area contributed by atoms with Crippen LogP contribution in [0.3, 0.4) is 0 Å². The van der Waals surface area contributed by atoms with Gasteiger partial charge in [-0.15, -0.1) is 35.7 Å². The fourth-order valence-electron chi connectivity index (χ4n) is 2.00. The van der Waals surface area contributed by atoms with Crippen LogP contribution in [-0.4, -0.2) is 70.6 Å². The molecule has 0 atom stereocenters. The van der Waals surface area contributed by atoms with Gasteiger partial charge in [0, 0.05) is 49.5 Å². The molecule has 0 fully saturated rings. The van der Waals surface area contributed by atoms with Crippen LogP contribution < -0.4 is 10.6 Å². The van der Waals surface area contributed by atoms with Gasteiger partial charge in [-0.25, -0.2) is 0 Å². The highest BCUT2D eigenvalue weighted by Gasteiger charge is 2.00. The Labute approximate surface area is 178 Å². The first-order chi connectivity index (χ1) is 11.7. The average molecular weight is 501 g/mol. The van der Waals surface area contributed by atoms with Crippen molar-refractivity contribution in [3.8, 4) is 0 Å². The van der Waals surface area contributed by atoms with Crippen molar-refractivity contribution in [2.45, 2.75) is 11.3 Å². The number of aliphatic imine (C=N–C) groups is 1. The molecule has 0 heterocycles. The van der Waals surface area contributed by atoms with Gasteiger partial charge < -0.3 is 20.3 Å². The molecule has 2 N–H and O–H groups in total. The Morgan fingerprint density at radius 1 is 1.20 bits per heavy atom. The Morgan fingerprint density at radius 3 is 2.52 bits per heavy atom. The third-order valence-corrected chi connectivity index (χ3v) is 4.65. The molecule has 8 heteroatoms. The lowest BCUT2D eigenvalue weighted by molar-refractivity contribution is 0.161. The van der Waals surface area contributed by atoms with Crippen LogP contribution in [0.4, 0.5) is 0 Å². The maximum absolute atomic E-state index is 5.88. The van der Waals surface area contributed by atoms with Gasteiger partial charge in [0.25, 0.3) is 0 Å². The van der Waals surface area contributed by atoms with Crippen LogP contribution in [0, 0.1) is 0 Å². The van der Waals surface area contributed by atoms with Crippen molar-refractivity contribution in [2.75, 3.05) is 59.7 Å². The first-order valence-electron chi connectivity index (χ1n) is 8.16. The van der Waals surface area contributed by atoms with E-state index in [1.807, 2.05) is 24.3 Å². The van der Waals surface area contributed by atoms with Gasteiger partial charge in [-0.05, 0) is 44.3 Å². The highest BCUT2D eigenvalue weighted by Crippen LogP contribution is 2.19. The monoisotopic (exact) mass is 500 g/mol. The van der Waals surface area contributed by atoms with Gasteiger partial charge in [-0.2, -0.15) is 0 Å². The highest BCUT2D eigenvalue weighted by molar-refractivity contribution is 14.0. The van der Waals surface area contributed by atoms with E-state index in [1.165, 1.54) is 4.90 Å². The molecule has 0 bridgehead atoms. The SMILES string of the molecule is CN=C(NCCCN(C)CCOC)NCCSc1ccc(Cl)cc1.I. The van der Waals surface area contributed by atoms with E-state index < -0.39 is 0 Å². The quantitative estimate of drug-likeness (QED) is 0.161. The summed E-state index contributed by atoms with van der Waals surface area (Å²) in [5.41, 5.74) is 0. The van der Waals surface area contributed by atoms with E-state index in [1.54, 1.807) is 25.9 Å². The average Bonchev–Trinajstić information content (AvgIpc) is 2.60. The Hall–Kier alpha value is -0.220. The van der Waals surface area contributed by atoms with E-state index in [2.05, 4.69) is 27.6 Å². The Balaban J connectivity index is 0.00000576. The number of rotatable bonds is 11. The topological polar surface area (TPSA) is 48.9 Å². The van der Waals surface area contributed by atoms with Crippen LogP contribution in [0.1, 0.15) is 6.42 Å². The smallest absolute Gasteiger partial charge is 0.191 e. The standard InChI is InChI=1S/C17H29ClN4OS.HI/c1-19-17(20-9-4-11-22(2)12-13-23-3)21-10-14-24-16-7-5-15(18)6-8-16;/h5-8H,4,9-14H2,1-3H3,(H2,19,20,21);1H. The minimum atomic E-state index is 0. The molecule has 144 valence electrons.